The number of hydrogen-bond donors (Lipinski definition) is 2. The fourth-order valence-corrected chi connectivity index (χ4v) is 6.82. The van der Waals surface area contributed by atoms with E-state index in [0.29, 0.717) is 63.2 Å². The summed E-state index contributed by atoms with van der Waals surface area (Å²) in [5.74, 6) is 1.99. The Morgan fingerprint density at radius 2 is 1.80 bits per heavy atom. The Balaban J connectivity index is 1.25. The van der Waals surface area contributed by atoms with E-state index in [4.69, 9.17) is 41.0 Å². The Labute approximate surface area is 301 Å². The van der Waals surface area contributed by atoms with Crippen LogP contribution in [0.2, 0.25) is 5.02 Å². The lowest BCUT2D eigenvalue weighted by molar-refractivity contribution is -0.143. The number of hydrogen-bond acceptors (Lipinski definition) is 9. The molecule has 3 N–H and O–H groups in total. The zero-order valence-electron chi connectivity index (χ0n) is 29.5. The van der Waals surface area contributed by atoms with E-state index < -0.39 is 18.2 Å². The van der Waals surface area contributed by atoms with Crippen molar-refractivity contribution in [3.05, 3.63) is 82.9 Å². The molecule has 0 aromatic heterocycles. The van der Waals surface area contributed by atoms with Gasteiger partial charge in [-0.25, -0.2) is 0 Å². The first-order valence-electron chi connectivity index (χ1n) is 17.7. The second kappa shape index (κ2) is 18.6. The van der Waals surface area contributed by atoms with Crippen molar-refractivity contribution in [2.45, 2.75) is 63.9 Å². The number of likely N-dealkylation sites (tertiary alicyclic amines) is 1. The summed E-state index contributed by atoms with van der Waals surface area (Å²) in [5.41, 5.74) is 9.26. The molecule has 0 spiro atoms. The second-order valence-electron chi connectivity index (χ2n) is 13.5. The van der Waals surface area contributed by atoms with Gasteiger partial charge in [0.05, 0.1) is 55.3 Å². The van der Waals surface area contributed by atoms with Crippen molar-refractivity contribution in [2.24, 2.45) is 11.7 Å². The fraction of sp³-hybridized carbons (Fsp3) is 0.513. The molecule has 5 rings (SSSR count). The van der Waals surface area contributed by atoms with E-state index in [2.05, 4.69) is 11.0 Å². The third kappa shape index (κ3) is 10.3. The maximum absolute atomic E-state index is 13.4. The molecule has 10 nitrogen and oxygen atoms in total. The predicted octanol–water partition coefficient (Wildman–Crippen LogP) is 5.67. The highest BCUT2D eigenvalue weighted by molar-refractivity contribution is 6.32. The monoisotopic (exact) mass is 709 g/mol. The van der Waals surface area contributed by atoms with Crippen molar-refractivity contribution in [1.82, 2.24) is 4.90 Å². The number of ether oxygens (including phenoxy) is 5. The number of para-hydroxylation sites is 1. The first-order chi connectivity index (χ1) is 24.2. The summed E-state index contributed by atoms with van der Waals surface area (Å²) >= 11 is 6.17. The number of carbonyl (C=O) groups excluding carboxylic acids is 1. The van der Waals surface area contributed by atoms with Gasteiger partial charge in [0.2, 0.25) is 5.91 Å². The van der Waals surface area contributed by atoms with E-state index >= 15 is 0 Å². The number of rotatable bonds is 17. The minimum Gasteiger partial charge on any atom is -0.493 e. The van der Waals surface area contributed by atoms with Crippen molar-refractivity contribution in [3.8, 4) is 17.2 Å². The molecule has 272 valence electrons. The van der Waals surface area contributed by atoms with Crippen LogP contribution >= 0.6 is 11.6 Å². The van der Waals surface area contributed by atoms with Gasteiger partial charge in [-0.15, -0.1) is 0 Å². The van der Waals surface area contributed by atoms with Gasteiger partial charge >= 0.3 is 0 Å². The number of methoxy groups -OCH3 is 1. The Morgan fingerprint density at radius 3 is 2.56 bits per heavy atom. The smallest absolute Gasteiger partial charge is 0.239 e. The van der Waals surface area contributed by atoms with Crippen LogP contribution in [0.25, 0.3) is 0 Å². The van der Waals surface area contributed by atoms with Crippen LogP contribution in [0.1, 0.15) is 50.2 Å². The highest BCUT2D eigenvalue weighted by Crippen LogP contribution is 2.36. The maximum atomic E-state index is 13.4. The predicted molar refractivity (Wildman–Crippen MR) is 195 cm³/mol. The molecule has 0 aliphatic carbocycles. The number of carbonyl (C=O) groups is 1. The molecular formula is C39H52ClN3O7. The molecule has 2 heterocycles. The Kier molecular flexibility index (Phi) is 14.0. The van der Waals surface area contributed by atoms with Crippen LogP contribution in [-0.4, -0.2) is 93.9 Å². The molecule has 1 fully saturated rings. The first kappa shape index (κ1) is 37.7. The van der Waals surface area contributed by atoms with E-state index in [0.717, 1.165) is 47.8 Å². The van der Waals surface area contributed by atoms with Gasteiger partial charge in [0.1, 0.15) is 23.9 Å². The molecular weight excluding hydrogens is 658 g/mol. The minimum absolute atomic E-state index is 0.162. The summed E-state index contributed by atoms with van der Waals surface area (Å²) in [4.78, 5) is 17.4. The topological polar surface area (TPSA) is 116 Å². The lowest BCUT2D eigenvalue weighted by atomic mass is 9.84. The molecule has 0 radical (unpaired) electrons. The molecule has 2 aliphatic rings. The van der Waals surface area contributed by atoms with Gasteiger partial charge in [-0.05, 0) is 66.3 Å². The molecule has 1 saturated heterocycles. The van der Waals surface area contributed by atoms with E-state index in [1.165, 1.54) is 0 Å². The molecule has 3 aromatic rings. The van der Waals surface area contributed by atoms with Crippen molar-refractivity contribution >= 4 is 23.2 Å². The average molecular weight is 710 g/mol. The van der Waals surface area contributed by atoms with Crippen molar-refractivity contribution < 1.29 is 33.6 Å². The van der Waals surface area contributed by atoms with Crippen molar-refractivity contribution in [2.75, 3.05) is 64.6 Å². The molecule has 50 heavy (non-hydrogen) atoms. The van der Waals surface area contributed by atoms with Crippen LogP contribution in [0.3, 0.4) is 0 Å². The molecule has 2 aliphatic heterocycles. The summed E-state index contributed by atoms with van der Waals surface area (Å²) < 4.78 is 29.5. The molecule has 0 saturated carbocycles. The highest BCUT2D eigenvalue weighted by Gasteiger charge is 2.40. The zero-order chi connectivity index (χ0) is 35.5. The standard InChI is InChI=1S/C39H52ClN3O7/c1-27(2)22-32(41)39(45)43-24-34(44)38(29-11-13-30(14-12-29)47-19-7-20-48-35-9-5-4-8-31(35)40)37(25-43)50-26-28-10-15-36-33(23-28)42(17-21-49-36)16-6-18-46-3/h4-5,8-15,23,27,32,34,37-38,44H,6-7,16-22,24-26,41H2,1-3H3/t32?,34-,37+,38+/m1/s1. The molecule has 1 unspecified atom stereocenters. The van der Waals surface area contributed by atoms with Crippen molar-refractivity contribution in [3.63, 3.8) is 0 Å². The van der Waals surface area contributed by atoms with E-state index in [1.807, 2.05) is 68.4 Å². The summed E-state index contributed by atoms with van der Waals surface area (Å²) in [6.45, 7) is 8.89. The average Bonchev–Trinajstić information content (AvgIpc) is 3.11. The molecule has 4 atom stereocenters. The number of β-amino-alcohol motifs (C(OH)–C–C–N with tert-alkyl or cyclic N) is 1. The Bertz CT molecular complexity index is 1510. The van der Waals surface area contributed by atoms with Gasteiger partial charge in [-0.1, -0.05) is 55.8 Å². The second-order valence-corrected chi connectivity index (χ2v) is 13.9. The van der Waals surface area contributed by atoms with Crippen LogP contribution in [0, 0.1) is 5.92 Å². The summed E-state index contributed by atoms with van der Waals surface area (Å²) in [6.07, 6.45) is 0.876. The highest BCUT2D eigenvalue weighted by atomic mass is 35.5. The number of aliphatic hydroxyl groups excluding tert-OH is 1. The third-order valence-electron chi connectivity index (χ3n) is 9.12. The van der Waals surface area contributed by atoms with Crippen LogP contribution in [0.5, 0.6) is 17.2 Å². The van der Waals surface area contributed by atoms with Gasteiger partial charge in [-0.2, -0.15) is 0 Å². The molecule has 3 aromatic carbocycles. The number of aliphatic hydroxyl groups is 1. The van der Waals surface area contributed by atoms with Gasteiger partial charge in [-0.3, -0.25) is 4.79 Å². The van der Waals surface area contributed by atoms with Gasteiger partial charge in [0.25, 0.3) is 0 Å². The summed E-state index contributed by atoms with van der Waals surface area (Å²) in [6, 6.07) is 20.6. The van der Waals surface area contributed by atoms with E-state index in [9.17, 15) is 9.90 Å². The number of amides is 1. The number of anilines is 1. The number of nitrogens with zero attached hydrogens (tertiary/aromatic N) is 2. The van der Waals surface area contributed by atoms with Crippen LogP contribution in [-0.2, 0) is 20.9 Å². The number of nitrogens with two attached hydrogens (primary N) is 1. The summed E-state index contributed by atoms with van der Waals surface area (Å²) in [7, 11) is 1.72. The largest absolute Gasteiger partial charge is 0.493 e. The van der Waals surface area contributed by atoms with Gasteiger partial charge < -0.3 is 44.3 Å². The SMILES string of the molecule is COCCCN1CCOc2ccc(CO[C@H]3CN(C(=O)C(N)CC(C)C)C[C@@H](O)[C@@H]3c3ccc(OCCCOc4ccccc4Cl)cc3)cc21. The van der Waals surface area contributed by atoms with E-state index in [-0.39, 0.29) is 24.3 Å². The summed E-state index contributed by atoms with van der Waals surface area (Å²) in [5, 5.41) is 12.1. The van der Waals surface area contributed by atoms with Crippen molar-refractivity contribution in [1.29, 1.82) is 0 Å². The van der Waals surface area contributed by atoms with E-state index in [1.54, 1.807) is 18.1 Å². The Morgan fingerprint density at radius 1 is 1.02 bits per heavy atom. The number of halogens is 1. The Hall–Kier alpha value is -3.54. The van der Waals surface area contributed by atoms with Crippen LogP contribution in [0.15, 0.2) is 66.7 Å². The van der Waals surface area contributed by atoms with Crippen LogP contribution in [0.4, 0.5) is 5.69 Å². The fourth-order valence-electron chi connectivity index (χ4n) is 6.63. The molecule has 11 heteroatoms. The lowest BCUT2D eigenvalue weighted by Crippen LogP contribution is -2.57. The molecule has 0 bridgehead atoms. The normalized spacial score (nSPS) is 19.5. The number of piperidine rings is 1. The maximum Gasteiger partial charge on any atom is 0.239 e. The number of fused-ring (bicyclic) bond motifs is 1. The van der Waals surface area contributed by atoms with Gasteiger partial charge in [0, 0.05) is 45.7 Å². The molecule has 1 amide bonds. The zero-order valence-corrected chi connectivity index (χ0v) is 30.2. The lowest BCUT2D eigenvalue weighted by Gasteiger charge is -2.42. The van der Waals surface area contributed by atoms with Crippen LogP contribution < -0.4 is 24.8 Å². The number of benzene rings is 3. The quantitative estimate of drug-likeness (QED) is 0.171. The minimum atomic E-state index is -0.842. The van der Waals surface area contributed by atoms with Gasteiger partial charge in [0.15, 0.2) is 0 Å². The third-order valence-corrected chi connectivity index (χ3v) is 9.43. The first-order valence-corrected chi connectivity index (χ1v) is 18.0.